The van der Waals surface area contributed by atoms with Gasteiger partial charge < -0.3 is 0 Å². The van der Waals surface area contributed by atoms with Crippen molar-refractivity contribution in [2.24, 2.45) is 11.8 Å². The van der Waals surface area contributed by atoms with Crippen LogP contribution in [0.15, 0.2) is 0 Å². The summed E-state index contributed by atoms with van der Waals surface area (Å²) in [6.45, 7) is 2.54. The van der Waals surface area contributed by atoms with E-state index in [9.17, 15) is 4.79 Å². The van der Waals surface area contributed by atoms with E-state index in [2.05, 4.69) is 4.90 Å². The van der Waals surface area contributed by atoms with Crippen LogP contribution in [-0.2, 0) is 4.79 Å². The van der Waals surface area contributed by atoms with Gasteiger partial charge in [-0.2, -0.15) is 0 Å². The first-order chi connectivity index (χ1) is 8.34. The molecular formula is C15H25NO. The second-order valence-corrected chi connectivity index (χ2v) is 6.32. The molecule has 0 bridgehead atoms. The molecule has 17 heavy (non-hydrogen) atoms. The van der Waals surface area contributed by atoms with Crippen molar-refractivity contribution in [1.82, 2.24) is 4.90 Å². The highest BCUT2D eigenvalue weighted by molar-refractivity contribution is 5.82. The molecule has 1 saturated heterocycles. The summed E-state index contributed by atoms with van der Waals surface area (Å²) in [6.07, 6.45) is 11.3. The molecule has 0 aromatic carbocycles. The number of carbonyl (C=O) groups is 1. The maximum atomic E-state index is 12.1. The predicted octanol–water partition coefficient (Wildman–Crippen LogP) is 3.01. The van der Waals surface area contributed by atoms with E-state index < -0.39 is 0 Å². The zero-order valence-electron chi connectivity index (χ0n) is 10.9. The van der Waals surface area contributed by atoms with Gasteiger partial charge in [0.05, 0.1) is 0 Å². The Morgan fingerprint density at radius 1 is 1.00 bits per heavy atom. The van der Waals surface area contributed by atoms with Gasteiger partial charge >= 0.3 is 0 Å². The molecule has 2 aliphatic carbocycles. The Bertz CT molecular complexity index is 285. The Balaban J connectivity index is 1.66. The van der Waals surface area contributed by atoms with Crippen molar-refractivity contribution in [1.29, 1.82) is 0 Å². The molecule has 0 N–H and O–H groups in total. The smallest absolute Gasteiger partial charge is 0.137 e. The molecule has 2 saturated carbocycles. The average molecular weight is 235 g/mol. The van der Waals surface area contributed by atoms with Crippen LogP contribution < -0.4 is 0 Å². The third kappa shape index (κ3) is 2.73. The van der Waals surface area contributed by atoms with Crippen molar-refractivity contribution in [3.63, 3.8) is 0 Å². The number of ketones is 1. The van der Waals surface area contributed by atoms with E-state index in [1.807, 2.05) is 0 Å². The summed E-state index contributed by atoms with van der Waals surface area (Å²) in [6, 6.07) is 0.608. The molecule has 0 amide bonds. The molecular weight excluding hydrogens is 210 g/mol. The molecule has 3 rings (SSSR count). The van der Waals surface area contributed by atoms with Crippen LogP contribution >= 0.6 is 0 Å². The number of nitrogens with zero attached hydrogens (tertiary/aromatic N) is 1. The lowest BCUT2D eigenvalue weighted by atomic mass is 9.79. The fraction of sp³-hybridized carbons (Fsp3) is 0.933. The summed E-state index contributed by atoms with van der Waals surface area (Å²) in [5.41, 5.74) is 0. The normalized spacial score (nSPS) is 36.1. The second kappa shape index (κ2) is 5.09. The van der Waals surface area contributed by atoms with E-state index >= 15 is 0 Å². The number of Topliss-reactive ketones (excluding diaryl/α,β-unsaturated/α-hetero) is 1. The number of piperidine rings is 1. The van der Waals surface area contributed by atoms with Crippen molar-refractivity contribution < 1.29 is 4.79 Å². The lowest BCUT2D eigenvalue weighted by molar-refractivity contribution is -0.127. The van der Waals surface area contributed by atoms with Crippen molar-refractivity contribution in [2.45, 2.75) is 63.8 Å². The number of carbonyl (C=O) groups excluding carboxylic acids is 1. The van der Waals surface area contributed by atoms with E-state index in [1.54, 1.807) is 0 Å². The highest BCUT2D eigenvalue weighted by Gasteiger charge is 2.37. The fourth-order valence-electron chi connectivity index (χ4n) is 3.75. The van der Waals surface area contributed by atoms with Gasteiger partial charge in [-0.25, -0.2) is 0 Å². The van der Waals surface area contributed by atoms with E-state index in [0.717, 1.165) is 18.8 Å². The maximum Gasteiger partial charge on any atom is 0.137 e. The van der Waals surface area contributed by atoms with E-state index in [-0.39, 0.29) is 0 Å². The van der Waals surface area contributed by atoms with Crippen molar-refractivity contribution in [3.05, 3.63) is 0 Å². The van der Waals surface area contributed by atoms with Crippen molar-refractivity contribution >= 4 is 5.78 Å². The highest BCUT2D eigenvalue weighted by Crippen LogP contribution is 2.36. The molecule has 2 atom stereocenters. The first kappa shape index (κ1) is 11.7. The number of hydrogen-bond donors (Lipinski definition) is 0. The van der Waals surface area contributed by atoms with Crippen LogP contribution in [0.2, 0.25) is 0 Å². The van der Waals surface area contributed by atoms with E-state index in [0.29, 0.717) is 17.7 Å². The fourth-order valence-corrected chi connectivity index (χ4v) is 3.75. The molecule has 0 aromatic heterocycles. The Morgan fingerprint density at radius 2 is 1.82 bits per heavy atom. The zero-order valence-corrected chi connectivity index (χ0v) is 10.9. The molecule has 3 fully saturated rings. The predicted molar refractivity (Wildman–Crippen MR) is 68.9 cm³/mol. The van der Waals surface area contributed by atoms with Crippen LogP contribution in [0, 0.1) is 11.8 Å². The van der Waals surface area contributed by atoms with Crippen LogP contribution in [0.4, 0.5) is 0 Å². The van der Waals surface area contributed by atoms with Crippen LogP contribution in [0.25, 0.3) is 0 Å². The summed E-state index contributed by atoms with van der Waals surface area (Å²) < 4.78 is 0. The minimum absolute atomic E-state index is 0.391. The molecule has 96 valence electrons. The van der Waals surface area contributed by atoms with Crippen LogP contribution in [0.5, 0.6) is 0 Å². The maximum absolute atomic E-state index is 12.1. The molecule has 2 unspecified atom stereocenters. The van der Waals surface area contributed by atoms with Gasteiger partial charge in [-0.1, -0.05) is 12.8 Å². The van der Waals surface area contributed by atoms with Crippen LogP contribution in [-0.4, -0.2) is 29.8 Å². The van der Waals surface area contributed by atoms with Gasteiger partial charge in [-0.05, 0) is 51.0 Å². The minimum atomic E-state index is 0.391. The molecule has 1 heterocycles. The SMILES string of the molecule is O=C1CCCCC1C1CCCCN1CC1CC1. The number of hydrogen-bond acceptors (Lipinski definition) is 2. The zero-order chi connectivity index (χ0) is 11.7. The lowest BCUT2D eigenvalue weighted by Gasteiger charge is -2.41. The van der Waals surface area contributed by atoms with Gasteiger partial charge in [0.15, 0.2) is 0 Å². The lowest BCUT2D eigenvalue weighted by Crippen LogP contribution is -2.48. The summed E-state index contributed by atoms with van der Waals surface area (Å²) >= 11 is 0. The Kier molecular flexibility index (Phi) is 3.51. The van der Waals surface area contributed by atoms with E-state index in [4.69, 9.17) is 0 Å². The third-order valence-corrected chi connectivity index (χ3v) is 4.92. The highest BCUT2D eigenvalue weighted by atomic mass is 16.1. The molecule has 0 spiro atoms. The van der Waals surface area contributed by atoms with Crippen LogP contribution in [0.1, 0.15) is 57.8 Å². The minimum Gasteiger partial charge on any atom is -0.299 e. The first-order valence-corrected chi connectivity index (χ1v) is 7.61. The Labute approximate surface area is 105 Å². The van der Waals surface area contributed by atoms with Gasteiger partial charge in [0, 0.05) is 24.9 Å². The monoisotopic (exact) mass is 235 g/mol. The first-order valence-electron chi connectivity index (χ1n) is 7.61. The molecule has 0 radical (unpaired) electrons. The third-order valence-electron chi connectivity index (χ3n) is 4.92. The molecule has 2 nitrogen and oxygen atoms in total. The quantitative estimate of drug-likeness (QED) is 0.749. The number of rotatable bonds is 3. The number of likely N-dealkylation sites (tertiary alicyclic amines) is 1. The molecule has 3 aliphatic rings. The van der Waals surface area contributed by atoms with Crippen LogP contribution in [0.3, 0.4) is 0 Å². The molecule has 0 aromatic rings. The van der Waals surface area contributed by atoms with Gasteiger partial charge in [0.2, 0.25) is 0 Å². The van der Waals surface area contributed by atoms with Crippen molar-refractivity contribution in [2.75, 3.05) is 13.1 Å². The summed E-state index contributed by atoms with van der Waals surface area (Å²) in [5.74, 6) is 1.93. The molecule has 1 aliphatic heterocycles. The Hall–Kier alpha value is -0.370. The largest absolute Gasteiger partial charge is 0.299 e. The van der Waals surface area contributed by atoms with Gasteiger partial charge in [-0.15, -0.1) is 0 Å². The Morgan fingerprint density at radius 3 is 2.59 bits per heavy atom. The van der Waals surface area contributed by atoms with Gasteiger partial charge in [-0.3, -0.25) is 9.69 Å². The topological polar surface area (TPSA) is 20.3 Å². The summed E-state index contributed by atoms with van der Waals surface area (Å²) in [7, 11) is 0. The summed E-state index contributed by atoms with van der Waals surface area (Å²) in [4.78, 5) is 14.8. The second-order valence-electron chi connectivity index (χ2n) is 6.32. The average Bonchev–Trinajstić information content (AvgIpc) is 3.15. The van der Waals surface area contributed by atoms with Crippen molar-refractivity contribution in [3.8, 4) is 0 Å². The van der Waals surface area contributed by atoms with E-state index in [1.165, 1.54) is 58.0 Å². The standard InChI is InChI=1S/C15H25NO/c17-15-7-2-1-5-13(15)14-6-3-4-10-16(14)11-12-8-9-12/h12-14H,1-11H2. The van der Waals surface area contributed by atoms with Gasteiger partial charge in [0.1, 0.15) is 5.78 Å². The molecule has 2 heteroatoms. The van der Waals surface area contributed by atoms with Gasteiger partial charge in [0.25, 0.3) is 0 Å². The summed E-state index contributed by atoms with van der Waals surface area (Å²) in [5, 5.41) is 0.